The molecule has 0 spiro atoms. The molecule has 2 N–H and O–H groups in total. The lowest BCUT2D eigenvalue weighted by molar-refractivity contribution is 0.102. The predicted molar refractivity (Wildman–Crippen MR) is 107 cm³/mol. The normalized spacial score (nSPS) is 10.7. The standard InChI is InChI=1S/C21H18FN5O2/c1-14-8-9-15(29-14)13-27-19(10-12-24-27)26-21(28)16-5-4-11-23-20(16)25-18-7-3-2-6-17(18)22/h2-12H,13H2,1H3,(H,23,25)(H,26,28). The van der Waals surface area contributed by atoms with Gasteiger partial charge in [-0.15, -0.1) is 0 Å². The van der Waals surface area contributed by atoms with Crippen LogP contribution in [0.15, 0.2) is 71.4 Å². The fourth-order valence-electron chi connectivity index (χ4n) is 2.84. The number of aromatic nitrogens is 3. The van der Waals surface area contributed by atoms with Crippen molar-refractivity contribution in [3.05, 3.63) is 89.9 Å². The lowest BCUT2D eigenvalue weighted by Crippen LogP contribution is -2.18. The maximum Gasteiger partial charge on any atom is 0.260 e. The number of para-hydroxylation sites is 1. The Kier molecular flexibility index (Phi) is 5.07. The van der Waals surface area contributed by atoms with E-state index < -0.39 is 11.7 Å². The highest BCUT2D eigenvalue weighted by Crippen LogP contribution is 2.22. The number of rotatable bonds is 6. The van der Waals surface area contributed by atoms with Crippen LogP contribution in [0.25, 0.3) is 0 Å². The highest BCUT2D eigenvalue weighted by molar-refractivity contribution is 6.07. The maximum absolute atomic E-state index is 14.0. The minimum Gasteiger partial charge on any atom is -0.464 e. The number of halogens is 1. The fourth-order valence-corrected chi connectivity index (χ4v) is 2.84. The van der Waals surface area contributed by atoms with Crippen LogP contribution in [0.3, 0.4) is 0 Å². The Balaban J connectivity index is 1.54. The zero-order valence-corrected chi connectivity index (χ0v) is 15.6. The monoisotopic (exact) mass is 391 g/mol. The van der Waals surface area contributed by atoms with Gasteiger partial charge in [0, 0.05) is 12.3 Å². The van der Waals surface area contributed by atoms with E-state index in [1.165, 1.54) is 12.3 Å². The molecule has 4 aromatic rings. The Labute approximate surface area is 166 Å². The molecule has 3 aromatic heterocycles. The van der Waals surface area contributed by atoms with Crippen molar-refractivity contribution in [2.75, 3.05) is 10.6 Å². The van der Waals surface area contributed by atoms with Crippen LogP contribution in [0.4, 0.5) is 21.7 Å². The van der Waals surface area contributed by atoms with E-state index >= 15 is 0 Å². The molecule has 0 aliphatic heterocycles. The molecule has 146 valence electrons. The Morgan fingerprint density at radius 2 is 1.97 bits per heavy atom. The Morgan fingerprint density at radius 3 is 2.76 bits per heavy atom. The van der Waals surface area contributed by atoms with Crippen molar-refractivity contribution in [1.82, 2.24) is 14.8 Å². The van der Waals surface area contributed by atoms with Gasteiger partial charge in [0.05, 0.1) is 17.4 Å². The third-order valence-electron chi connectivity index (χ3n) is 4.24. The average molecular weight is 391 g/mol. The number of furan rings is 1. The van der Waals surface area contributed by atoms with Gasteiger partial charge in [-0.3, -0.25) is 4.79 Å². The topological polar surface area (TPSA) is 85.0 Å². The molecular weight excluding hydrogens is 373 g/mol. The molecule has 0 saturated carbocycles. The zero-order chi connectivity index (χ0) is 20.2. The minimum absolute atomic E-state index is 0.235. The number of hydrogen-bond donors (Lipinski definition) is 2. The summed E-state index contributed by atoms with van der Waals surface area (Å²) in [5.74, 6) is 1.46. The molecule has 29 heavy (non-hydrogen) atoms. The van der Waals surface area contributed by atoms with Gasteiger partial charge in [0.15, 0.2) is 0 Å². The van der Waals surface area contributed by atoms with E-state index in [9.17, 15) is 9.18 Å². The lowest BCUT2D eigenvalue weighted by Gasteiger charge is -2.12. The zero-order valence-electron chi connectivity index (χ0n) is 15.6. The van der Waals surface area contributed by atoms with Crippen molar-refractivity contribution in [3.8, 4) is 0 Å². The quantitative estimate of drug-likeness (QED) is 0.510. The van der Waals surface area contributed by atoms with Gasteiger partial charge < -0.3 is 15.1 Å². The lowest BCUT2D eigenvalue weighted by atomic mass is 10.2. The number of amides is 1. The minimum atomic E-state index is -0.434. The number of hydrogen-bond acceptors (Lipinski definition) is 5. The van der Waals surface area contributed by atoms with E-state index in [0.717, 1.165) is 11.5 Å². The molecule has 0 fully saturated rings. The number of nitrogens with zero attached hydrogens (tertiary/aromatic N) is 3. The molecule has 4 rings (SSSR count). The van der Waals surface area contributed by atoms with Crippen LogP contribution in [0.1, 0.15) is 21.9 Å². The molecule has 0 unspecified atom stereocenters. The molecule has 1 amide bonds. The molecule has 7 nitrogen and oxygen atoms in total. The highest BCUT2D eigenvalue weighted by Gasteiger charge is 2.16. The summed E-state index contributed by atoms with van der Waals surface area (Å²) in [5.41, 5.74) is 0.510. The molecule has 0 aliphatic carbocycles. The van der Waals surface area contributed by atoms with Gasteiger partial charge in [0.1, 0.15) is 35.5 Å². The first-order valence-electron chi connectivity index (χ1n) is 8.95. The van der Waals surface area contributed by atoms with Gasteiger partial charge in [-0.25, -0.2) is 14.1 Å². The van der Waals surface area contributed by atoms with Gasteiger partial charge in [0.2, 0.25) is 0 Å². The summed E-state index contributed by atoms with van der Waals surface area (Å²) in [4.78, 5) is 17.0. The van der Waals surface area contributed by atoms with Crippen molar-refractivity contribution in [1.29, 1.82) is 0 Å². The number of carbonyl (C=O) groups is 1. The maximum atomic E-state index is 14.0. The molecule has 3 heterocycles. The number of carbonyl (C=O) groups excluding carboxylic acids is 1. The van der Waals surface area contributed by atoms with Crippen molar-refractivity contribution in [2.24, 2.45) is 0 Å². The van der Waals surface area contributed by atoms with Crippen LogP contribution in [-0.2, 0) is 6.54 Å². The van der Waals surface area contributed by atoms with Gasteiger partial charge in [-0.2, -0.15) is 5.10 Å². The second-order valence-corrected chi connectivity index (χ2v) is 6.34. The molecule has 1 aromatic carbocycles. The second kappa shape index (κ2) is 7.97. The predicted octanol–water partition coefficient (Wildman–Crippen LogP) is 4.36. The molecule has 0 bridgehead atoms. The highest BCUT2D eigenvalue weighted by atomic mass is 19.1. The Bertz CT molecular complexity index is 1150. The van der Waals surface area contributed by atoms with Crippen LogP contribution < -0.4 is 10.6 Å². The Hall–Kier alpha value is -3.94. The van der Waals surface area contributed by atoms with E-state index in [2.05, 4.69) is 20.7 Å². The Morgan fingerprint density at radius 1 is 1.10 bits per heavy atom. The summed E-state index contributed by atoms with van der Waals surface area (Å²) in [5, 5.41) is 9.93. The summed E-state index contributed by atoms with van der Waals surface area (Å²) in [7, 11) is 0. The summed E-state index contributed by atoms with van der Waals surface area (Å²) in [6, 6.07) is 14.9. The molecule has 0 atom stereocenters. The van der Waals surface area contributed by atoms with Gasteiger partial charge in [-0.1, -0.05) is 12.1 Å². The van der Waals surface area contributed by atoms with Crippen molar-refractivity contribution in [2.45, 2.75) is 13.5 Å². The van der Waals surface area contributed by atoms with Crippen molar-refractivity contribution < 1.29 is 13.6 Å². The summed E-state index contributed by atoms with van der Waals surface area (Å²) in [6.45, 7) is 2.24. The molecular formula is C21H18FN5O2. The summed E-state index contributed by atoms with van der Waals surface area (Å²) >= 11 is 0. The van der Waals surface area contributed by atoms with E-state index in [-0.39, 0.29) is 17.1 Å². The van der Waals surface area contributed by atoms with Crippen LogP contribution in [0, 0.1) is 12.7 Å². The van der Waals surface area contributed by atoms with Gasteiger partial charge >= 0.3 is 0 Å². The first kappa shape index (κ1) is 18.4. The SMILES string of the molecule is Cc1ccc(Cn2nccc2NC(=O)c2cccnc2Nc2ccccc2F)o1. The smallest absolute Gasteiger partial charge is 0.260 e. The van der Waals surface area contributed by atoms with Crippen LogP contribution in [-0.4, -0.2) is 20.7 Å². The van der Waals surface area contributed by atoms with E-state index in [1.54, 1.807) is 47.3 Å². The first-order valence-corrected chi connectivity index (χ1v) is 8.95. The second-order valence-electron chi connectivity index (χ2n) is 6.34. The van der Waals surface area contributed by atoms with E-state index in [0.29, 0.717) is 12.4 Å². The number of aryl methyl sites for hydroxylation is 1. The molecule has 8 heteroatoms. The van der Waals surface area contributed by atoms with Crippen molar-refractivity contribution >= 4 is 23.2 Å². The van der Waals surface area contributed by atoms with Crippen LogP contribution >= 0.6 is 0 Å². The average Bonchev–Trinajstić information content (AvgIpc) is 3.33. The fraction of sp³-hybridized carbons (Fsp3) is 0.0952. The van der Waals surface area contributed by atoms with Crippen LogP contribution in [0.5, 0.6) is 0 Å². The summed E-state index contributed by atoms with van der Waals surface area (Å²) < 4.78 is 21.2. The molecule has 0 saturated heterocycles. The molecule has 0 aliphatic rings. The van der Waals surface area contributed by atoms with Crippen LogP contribution in [0.2, 0.25) is 0 Å². The first-order chi connectivity index (χ1) is 14.1. The number of pyridine rings is 1. The largest absolute Gasteiger partial charge is 0.464 e. The van der Waals surface area contributed by atoms with Gasteiger partial charge in [-0.05, 0) is 43.3 Å². The third kappa shape index (κ3) is 4.16. The third-order valence-corrected chi connectivity index (χ3v) is 4.24. The number of benzene rings is 1. The number of anilines is 3. The van der Waals surface area contributed by atoms with Gasteiger partial charge in [0.25, 0.3) is 5.91 Å². The number of nitrogens with one attached hydrogen (secondary N) is 2. The van der Waals surface area contributed by atoms with Crippen molar-refractivity contribution in [3.63, 3.8) is 0 Å². The summed E-state index contributed by atoms with van der Waals surface area (Å²) in [6.07, 6.45) is 3.12. The molecule has 0 radical (unpaired) electrons. The van der Waals surface area contributed by atoms with E-state index in [4.69, 9.17) is 4.42 Å². The van der Waals surface area contributed by atoms with E-state index in [1.807, 2.05) is 19.1 Å².